The Morgan fingerprint density at radius 2 is 1.67 bits per heavy atom. The number of carbonyl (C=O) groups excluding carboxylic acids is 1. The van der Waals surface area contributed by atoms with Crippen molar-refractivity contribution in [2.75, 3.05) is 33.9 Å². The maximum Gasteiger partial charge on any atom is 0.253 e. The van der Waals surface area contributed by atoms with Crippen LogP contribution in [0, 0.1) is 6.92 Å². The fraction of sp³-hybridized carbons (Fsp3) is 0.400. The number of hydrogen-bond donors (Lipinski definition) is 1. The summed E-state index contributed by atoms with van der Waals surface area (Å²) in [7, 11) is 3.35. The fourth-order valence-electron chi connectivity index (χ4n) is 4.89. The van der Waals surface area contributed by atoms with Gasteiger partial charge in [-0.15, -0.1) is 0 Å². The first kappa shape index (κ1) is 25.7. The summed E-state index contributed by atoms with van der Waals surface area (Å²) in [6, 6.07) is 20.3. The Morgan fingerprint density at radius 3 is 2.33 bits per heavy atom. The highest BCUT2D eigenvalue weighted by Gasteiger charge is 2.26. The highest BCUT2D eigenvalue weighted by atomic mass is 16.5. The van der Waals surface area contributed by atoms with Gasteiger partial charge in [0.2, 0.25) is 0 Å². The number of aryl methyl sites for hydroxylation is 2. The number of nitrogens with one attached hydrogen (secondary N) is 1. The van der Waals surface area contributed by atoms with Crippen molar-refractivity contribution in [3.63, 3.8) is 0 Å². The number of nitrogens with zero attached hydrogens (tertiary/aromatic N) is 2. The smallest absolute Gasteiger partial charge is 0.253 e. The highest BCUT2D eigenvalue weighted by Crippen LogP contribution is 2.31. The maximum atomic E-state index is 13.1. The SMILES string of the molecule is COc1cc(CN2CCC(c3nc(C)ccc3C(=O)NCCCc3ccccc3)CC2)cc(OC)c1. The van der Waals surface area contributed by atoms with Gasteiger partial charge in [0.25, 0.3) is 5.91 Å². The predicted octanol–water partition coefficient (Wildman–Crippen LogP) is 5.15. The van der Waals surface area contributed by atoms with Gasteiger partial charge in [0.05, 0.1) is 25.5 Å². The number of likely N-dealkylation sites (tertiary alicyclic amines) is 1. The van der Waals surface area contributed by atoms with Crippen LogP contribution in [0.1, 0.15) is 58.1 Å². The monoisotopic (exact) mass is 487 g/mol. The van der Waals surface area contributed by atoms with E-state index in [0.29, 0.717) is 6.54 Å². The van der Waals surface area contributed by atoms with Gasteiger partial charge < -0.3 is 14.8 Å². The summed E-state index contributed by atoms with van der Waals surface area (Å²) < 4.78 is 10.8. The minimum absolute atomic E-state index is 0.0172. The number of amides is 1. The van der Waals surface area contributed by atoms with Gasteiger partial charge in [-0.3, -0.25) is 14.7 Å². The third-order valence-corrected chi connectivity index (χ3v) is 6.87. The summed E-state index contributed by atoms with van der Waals surface area (Å²) in [6.07, 6.45) is 3.83. The molecule has 0 aliphatic carbocycles. The summed E-state index contributed by atoms with van der Waals surface area (Å²) in [5, 5.41) is 3.12. The molecule has 190 valence electrons. The highest BCUT2D eigenvalue weighted by molar-refractivity contribution is 5.95. The Morgan fingerprint density at radius 1 is 0.972 bits per heavy atom. The van der Waals surface area contributed by atoms with E-state index in [1.165, 1.54) is 11.1 Å². The molecule has 1 fully saturated rings. The Hall–Kier alpha value is -3.38. The molecule has 6 heteroatoms. The molecule has 1 aliphatic heterocycles. The van der Waals surface area contributed by atoms with Crippen LogP contribution in [0.3, 0.4) is 0 Å². The van der Waals surface area contributed by atoms with Crippen molar-refractivity contribution >= 4 is 5.91 Å². The molecule has 0 spiro atoms. The number of piperidine rings is 1. The van der Waals surface area contributed by atoms with E-state index in [2.05, 4.69) is 46.6 Å². The van der Waals surface area contributed by atoms with E-state index >= 15 is 0 Å². The summed E-state index contributed by atoms with van der Waals surface area (Å²) in [6.45, 7) is 5.41. The van der Waals surface area contributed by atoms with Crippen LogP contribution < -0.4 is 14.8 Å². The third kappa shape index (κ3) is 6.85. The maximum absolute atomic E-state index is 13.1. The van der Waals surface area contributed by atoms with E-state index in [9.17, 15) is 4.79 Å². The molecule has 0 atom stereocenters. The number of pyridine rings is 1. The van der Waals surface area contributed by atoms with Crippen LogP contribution in [0.15, 0.2) is 60.7 Å². The quantitative estimate of drug-likeness (QED) is 0.401. The number of methoxy groups -OCH3 is 2. The zero-order valence-corrected chi connectivity index (χ0v) is 21.6. The minimum atomic E-state index is -0.0172. The molecule has 2 heterocycles. The van der Waals surface area contributed by atoms with Gasteiger partial charge in [-0.1, -0.05) is 30.3 Å². The van der Waals surface area contributed by atoms with Crippen LogP contribution in [-0.2, 0) is 13.0 Å². The first-order chi connectivity index (χ1) is 17.6. The molecule has 1 amide bonds. The molecule has 0 saturated carbocycles. The van der Waals surface area contributed by atoms with Gasteiger partial charge in [0.1, 0.15) is 11.5 Å². The lowest BCUT2D eigenvalue weighted by atomic mass is 9.89. The Bertz CT molecular complexity index is 1120. The summed E-state index contributed by atoms with van der Waals surface area (Å²) >= 11 is 0. The average molecular weight is 488 g/mol. The zero-order chi connectivity index (χ0) is 25.3. The van der Waals surface area contributed by atoms with E-state index in [1.54, 1.807) is 14.2 Å². The molecule has 0 radical (unpaired) electrons. The molecule has 36 heavy (non-hydrogen) atoms. The van der Waals surface area contributed by atoms with Gasteiger partial charge in [-0.2, -0.15) is 0 Å². The zero-order valence-electron chi connectivity index (χ0n) is 21.6. The van der Waals surface area contributed by atoms with E-state index in [1.807, 2.05) is 31.2 Å². The molecule has 1 saturated heterocycles. The van der Waals surface area contributed by atoms with Crippen molar-refractivity contribution in [2.24, 2.45) is 0 Å². The molecule has 6 nitrogen and oxygen atoms in total. The summed E-state index contributed by atoms with van der Waals surface area (Å²) in [4.78, 5) is 20.4. The molecule has 1 N–H and O–H groups in total. The van der Waals surface area contributed by atoms with E-state index in [4.69, 9.17) is 14.5 Å². The van der Waals surface area contributed by atoms with Crippen LogP contribution in [0.5, 0.6) is 11.5 Å². The standard InChI is InChI=1S/C30H37N3O3/c1-22-11-12-28(30(34)31-15-7-10-23-8-5-4-6-9-23)29(32-22)25-13-16-33(17-14-25)21-24-18-26(35-2)20-27(19-24)36-3/h4-6,8-9,11-12,18-20,25H,7,10,13-17,21H2,1-3H3,(H,31,34). The van der Waals surface area contributed by atoms with Crippen LogP contribution in [0.4, 0.5) is 0 Å². The second-order valence-corrected chi connectivity index (χ2v) is 9.50. The Labute approximate surface area is 214 Å². The fourth-order valence-corrected chi connectivity index (χ4v) is 4.89. The van der Waals surface area contributed by atoms with Crippen molar-refractivity contribution in [3.05, 3.63) is 88.7 Å². The predicted molar refractivity (Wildman–Crippen MR) is 143 cm³/mol. The first-order valence-corrected chi connectivity index (χ1v) is 12.8. The van der Waals surface area contributed by atoms with Crippen molar-refractivity contribution < 1.29 is 14.3 Å². The van der Waals surface area contributed by atoms with E-state index in [0.717, 1.165) is 73.8 Å². The number of rotatable bonds is 10. The first-order valence-electron chi connectivity index (χ1n) is 12.8. The van der Waals surface area contributed by atoms with Gasteiger partial charge in [-0.05, 0) is 81.1 Å². The Kier molecular flexibility index (Phi) is 8.95. The number of aromatic nitrogens is 1. The molecular formula is C30H37N3O3. The van der Waals surface area contributed by atoms with Crippen molar-refractivity contribution in [1.29, 1.82) is 0 Å². The van der Waals surface area contributed by atoms with Gasteiger partial charge >= 0.3 is 0 Å². The molecule has 0 bridgehead atoms. The molecule has 4 rings (SSSR count). The minimum Gasteiger partial charge on any atom is -0.497 e. The topological polar surface area (TPSA) is 63.7 Å². The molecular weight excluding hydrogens is 450 g/mol. The summed E-state index contributed by atoms with van der Waals surface area (Å²) in [5.41, 5.74) is 5.09. The van der Waals surface area contributed by atoms with Gasteiger partial charge in [0, 0.05) is 30.8 Å². The molecule has 1 aromatic heterocycles. The van der Waals surface area contributed by atoms with Crippen LogP contribution >= 0.6 is 0 Å². The number of benzene rings is 2. The van der Waals surface area contributed by atoms with Crippen molar-refractivity contribution in [3.8, 4) is 11.5 Å². The third-order valence-electron chi connectivity index (χ3n) is 6.87. The lowest BCUT2D eigenvalue weighted by Crippen LogP contribution is -2.34. The molecule has 1 aliphatic rings. The van der Waals surface area contributed by atoms with Crippen LogP contribution in [0.2, 0.25) is 0 Å². The molecule has 2 aromatic carbocycles. The van der Waals surface area contributed by atoms with Gasteiger partial charge in [0.15, 0.2) is 0 Å². The lowest BCUT2D eigenvalue weighted by molar-refractivity contribution is 0.0950. The van der Waals surface area contributed by atoms with Crippen LogP contribution in [0.25, 0.3) is 0 Å². The number of hydrogen-bond acceptors (Lipinski definition) is 5. The second-order valence-electron chi connectivity index (χ2n) is 9.50. The normalized spacial score (nSPS) is 14.4. The average Bonchev–Trinajstić information content (AvgIpc) is 2.91. The van der Waals surface area contributed by atoms with E-state index in [-0.39, 0.29) is 11.8 Å². The van der Waals surface area contributed by atoms with E-state index < -0.39 is 0 Å². The largest absolute Gasteiger partial charge is 0.497 e. The van der Waals surface area contributed by atoms with Crippen molar-refractivity contribution in [1.82, 2.24) is 15.2 Å². The van der Waals surface area contributed by atoms with Gasteiger partial charge in [-0.25, -0.2) is 0 Å². The van der Waals surface area contributed by atoms with Crippen LogP contribution in [-0.4, -0.2) is 49.6 Å². The lowest BCUT2D eigenvalue weighted by Gasteiger charge is -2.32. The van der Waals surface area contributed by atoms with Crippen molar-refractivity contribution in [2.45, 2.75) is 45.1 Å². The Balaban J connectivity index is 1.34. The number of ether oxygens (including phenoxy) is 2. The number of carbonyl (C=O) groups is 1. The summed E-state index contributed by atoms with van der Waals surface area (Å²) in [5.74, 6) is 1.88. The molecule has 3 aromatic rings. The second kappa shape index (κ2) is 12.5. The molecule has 0 unspecified atom stereocenters.